The van der Waals surface area contributed by atoms with Gasteiger partial charge in [0.15, 0.2) is 0 Å². The summed E-state index contributed by atoms with van der Waals surface area (Å²) in [5, 5.41) is 18.9. The summed E-state index contributed by atoms with van der Waals surface area (Å²) in [7, 11) is 0. The molecule has 14 heavy (non-hydrogen) atoms. The van der Waals surface area contributed by atoms with Crippen LogP contribution >= 0.6 is 0 Å². The Kier molecular flexibility index (Phi) is 6.75. The Hall–Kier alpha value is -0.410. The zero-order valence-corrected chi connectivity index (χ0v) is 9.36. The van der Waals surface area contributed by atoms with E-state index in [-0.39, 0.29) is 12.2 Å². The molecule has 0 aliphatic heterocycles. The minimum Gasteiger partial charge on any atom is -0.393 e. The van der Waals surface area contributed by atoms with Gasteiger partial charge in [0.2, 0.25) is 0 Å². The second-order valence-corrected chi connectivity index (χ2v) is 4.42. The third-order valence-electron chi connectivity index (χ3n) is 2.14. The van der Waals surface area contributed by atoms with Gasteiger partial charge >= 0.3 is 0 Å². The van der Waals surface area contributed by atoms with Crippen LogP contribution in [0.3, 0.4) is 0 Å². The van der Waals surface area contributed by atoms with Gasteiger partial charge in [-0.1, -0.05) is 13.8 Å². The predicted molar refractivity (Wildman–Crippen MR) is 56.0 cm³/mol. The Bertz CT molecular complexity index is 166. The van der Waals surface area contributed by atoms with Gasteiger partial charge in [0.05, 0.1) is 12.2 Å². The maximum Gasteiger partial charge on any atom is 0.132 e. The molecule has 3 nitrogen and oxygen atoms in total. The second kappa shape index (κ2) is 6.96. The van der Waals surface area contributed by atoms with Crippen molar-refractivity contribution in [2.45, 2.75) is 58.7 Å². The molecule has 0 aliphatic carbocycles. The fourth-order valence-corrected chi connectivity index (χ4v) is 1.37. The molecule has 0 saturated carbocycles. The largest absolute Gasteiger partial charge is 0.393 e. The summed E-state index contributed by atoms with van der Waals surface area (Å²) < 4.78 is 0. The van der Waals surface area contributed by atoms with E-state index in [0.29, 0.717) is 18.8 Å². The van der Waals surface area contributed by atoms with Gasteiger partial charge < -0.3 is 10.2 Å². The molecule has 84 valence electrons. The summed E-state index contributed by atoms with van der Waals surface area (Å²) in [6.07, 6.45) is 0.951. The molecular formula is C11H22O3. The Labute approximate surface area is 86.1 Å². The minimum atomic E-state index is -0.685. The first kappa shape index (κ1) is 13.6. The molecule has 2 N–H and O–H groups in total. The van der Waals surface area contributed by atoms with Crippen molar-refractivity contribution in [2.24, 2.45) is 5.92 Å². The monoisotopic (exact) mass is 202 g/mol. The summed E-state index contributed by atoms with van der Waals surface area (Å²) in [6, 6.07) is 0. The molecule has 0 bridgehead atoms. The maximum absolute atomic E-state index is 10.7. The number of carbonyl (C=O) groups excluding carboxylic acids is 1. The lowest BCUT2D eigenvalue weighted by Crippen LogP contribution is -2.20. The normalized spacial score (nSPS) is 15.6. The van der Waals surface area contributed by atoms with Gasteiger partial charge in [0.25, 0.3) is 0 Å². The fourth-order valence-electron chi connectivity index (χ4n) is 1.37. The first-order valence-electron chi connectivity index (χ1n) is 5.27. The molecule has 0 aromatic heterocycles. The number of carbonyl (C=O) groups is 1. The van der Waals surface area contributed by atoms with Gasteiger partial charge in [0, 0.05) is 6.42 Å². The van der Waals surface area contributed by atoms with Crippen LogP contribution in [0, 0.1) is 5.92 Å². The summed E-state index contributed by atoms with van der Waals surface area (Å²) in [5.74, 6) is 0.531. The molecule has 0 amide bonds. The van der Waals surface area contributed by atoms with E-state index >= 15 is 0 Å². The van der Waals surface area contributed by atoms with Crippen molar-refractivity contribution >= 4 is 5.78 Å². The molecule has 0 aliphatic rings. The third-order valence-corrected chi connectivity index (χ3v) is 2.14. The van der Waals surface area contributed by atoms with Crippen molar-refractivity contribution < 1.29 is 15.0 Å². The Morgan fingerprint density at radius 2 is 1.71 bits per heavy atom. The van der Waals surface area contributed by atoms with Gasteiger partial charge in [-0.2, -0.15) is 0 Å². The second-order valence-electron chi connectivity index (χ2n) is 4.42. The van der Waals surface area contributed by atoms with Crippen molar-refractivity contribution in [1.82, 2.24) is 0 Å². The Morgan fingerprint density at radius 3 is 2.14 bits per heavy atom. The lowest BCUT2D eigenvalue weighted by atomic mass is 9.99. The van der Waals surface area contributed by atoms with Crippen LogP contribution in [-0.2, 0) is 4.79 Å². The van der Waals surface area contributed by atoms with E-state index in [1.165, 1.54) is 6.92 Å². The van der Waals surface area contributed by atoms with Crippen LogP contribution in [0.5, 0.6) is 0 Å². The van der Waals surface area contributed by atoms with E-state index in [4.69, 9.17) is 0 Å². The molecule has 0 saturated heterocycles. The van der Waals surface area contributed by atoms with Crippen LogP contribution in [0.25, 0.3) is 0 Å². The van der Waals surface area contributed by atoms with Crippen LogP contribution in [0.1, 0.15) is 46.5 Å². The smallest absolute Gasteiger partial charge is 0.132 e. The summed E-state index contributed by atoms with van der Waals surface area (Å²) in [6.45, 7) is 5.64. The lowest BCUT2D eigenvalue weighted by molar-refractivity contribution is -0.119. The first-order valence-corrected chi connectivity index (χ1v) is 5.27. The van der Waals surface area contributed by atoms with Gasteiger partial charge in [-0.3, -0.25) is 4.79 Å². The first-order chi connectivity index (χ1) is 6.41. The zero-order chi connectivity index (χ0) is 11.1. The van der Waals surface area contributed by atoms with Crippen molar-refractivity contribution in [3.8, 4) is 0 Å². The van der Waals surface area contributed by atoms with E-state index < -0.39 is 12.2 Å². The molecule has 0 aromatic rings. The highest BCUT2D eigenvalue weighted by Gasteiger charge is 2.13. The maximum atomic E-state index is 10.7. The van der Waals surface area contributed by atoms with Crippen molar-refractivity contribution in [1.29, 1.82) is 0 Å². The van der Waals surface area contributed by atoms with Gasteiger partial charge in [-0.25, -0.2) is 0 Å². The standard InChI is InChI=1S/C11H22O3/c1-8(2)4-5-10(13)7-11(14)6-9(3)12/h8,10-11,13-14H,4-7H2,1-3H3. The molecule has 0 spiro atoms. The number of ketones is 1. The van der Waals surface area contributed by atoms with Crippen LogP contribution in [0.15, 0.2) is 0 Å². The highest BCUT2D eigenvalue weighted by Crippen LogP contribution is 2.12. The molecule has 2 unspecified atom stereocenters. The molecule has 0 rings (SSSR count). The molecule has 2 atom stereocenters. The van der Waals surface area contributed by atoms with E-state index in [1.54, 1.807) is 0 Å². The van der Waals surface area contributed by atoms with Crippen LogP contribution < -0.4 is 0 Å². The SMILES string of the molecule is CC(=O)CC(O)CC(O)CCC(C)C. The summed E-state index contributed by atoms with van der Waals surface area (Å²) in [5.41, 5.74) is 0. The number of hydrogen-bond acceptors (Lipinski definition) is 3. The fraction of sp³-hybridized carbons (Fsp3) is 0.909. The Balaban J connectivity index is 3.59. The van der Waals surface area contributed by atoms with Gasteiger partial charge in [-0.05, 0) is 32.1 Å². The van der Waals surface area contributed by atoms with Gasteiger partial charge in [0.1, 0.15) is 5.78 Å². The minimum absolute atomic E-state index is 0.0337. The number of Topliss-reactive ketones (excluding diaryl/α,β-unsaturated/α-hetero) is 1. The quantitative estimate of drug-likeness (QED) is 0.658. The van der Waals surface area contributed by atoms with Crippen molar-refractivity contribution in [3.63, 3.8) is 0 Å². The molecule has 0 heterocycles. The topological polar surface area (TPSA) is 57.5 Å². The molecule has 0 fully saturated rings. The number of rotatable bonds is 7. The molecular weight excluding hydrogens is 180 g/mol. The van der Waals surface area contributed by atoms with E-state index in [2.05, 4.69) is 13.8 Å². The molecule has 0 aromatic carbocycles. The van der Waals surface area contributed by atoms with E-state index in [0.717, 1.165) is 6.42 Å². The van der Waals surface area contributed by atoms with Crippen LogP contribution in [0.4, 0.5) is 0 Å². The van der Waals surface area contributed by atoms with Crippen molar-refractivity contribution in [3.05, 3.63) is 0 Å². The van der Waals surface area contributed by atoms with Gasteiger partial charge in [-0.15, -0.1) is 0 Å². The zero-order valence-electron chi connectivity index (χ0n) is 9.36. The highest BCUT2D eigenvalue weighted by atomic mass is 16.3. The number of aliphatic hydroxyl groups is 2. The van der Waals surface area contributed by atoms with Crippen LogP contribution in [0.2, 0.25) is 0 Å². The number of hydrogen-bond donors (Lipinski definition) is 2. The Morgan fingerprint density at radius 1 is 1.14 bits per heavy atom. The lowest BCUT2D eigenvalue weighted by Gasteiger charge is -2.15. The van der Waals surface area contributed by atoms with Crippen LogP contribution in [-0.4, -0.2) is 28.2 Å². The van der Waals surface area contributed by atoms with E-state index in [9.17, 15) is 15.0 Å². The van der Waals surface area contributed by atoms with E-state index in [1.807, 2.05) is 0 Å². The summed E-state index contributed by atoms with van der Waals surface area (Å²) in [4.78, 5) is 10.7. The summed E-state index contributed by atoms with van der Waals surface area (Å²) >= 11 is 0. The third kappa shape index (κ3) is 8.20. The molecule has 0 radical (unpaired) electrons. The van der Waals surface area contributed by atoms with Crippen molar-refractivity contribution in [2.75, 3.05) is 0 Å². The molecule has 3 heteroatoms. The predicted octanol–water partition coefficient (Wildman–Crippen LogP) is 1.51. The average molecular weight is 202 g/mol. The number of aliphatic hydroxyl groups excluding tert-OH is 2. The average Bonchev–Trinajstić information content (AvgIpc) is 1.98. The highest BCUT2D eigenvalue weighted by molar-refractivity contribution is 5.75.